The second kappa shape index (κ2) is 6.44. The van der Waals surface area contributed by atoms with Crippen LogP contribution in [0.25, 0.3) is 0 Å². The zero-order valence-corrected chi connectivity index (χ0v) is 11.4. The van der Waals surface area contributed by atoms with Gasteiger partial charge in [-0.15, -0.1) is 0 Å². The van der Waals surface area contributed by atoms with E-state index in [1.165, 1.54) is 0 Å². The summed E-state index contributed by atoms with van der Waals surface area (Å²) in [4.78, 5) is 0. The molecule has 104 valence electrons. The largest absolute Gasteiger partial charge is 0.457 e. The van der Waals surface area contributed by atoms with E-state index in [0.717, 1.165) is 43.2 Å². The van der Waals surface area contributed by atoms with E-state index in [2.05, 4.69) is 11.4 Å². The fourth-order valence-corrected chi connectivity index (χ4v) is 2.36. The monoisotopic (exact) mass is 269 g/mol. The van der Waals surface area contributed by atoms with Crippen LogP contribution in [0.3, 0.4) is 0 Å². The van der Waals surface area contributed by atoms with Crippen LogP contribution in [0.5, 0.6) is 11.5 Å². The lowest BCUT2D eigenvalue weighted by atomic mass is 10.1. The van der Waals surface area contributed by atoms with Crippen LogP contribution in [-0.2, 0) is 4.74 Å². The summed E-state index contributed by atoms with van der Waals surface area (Å²) < 4.78 is 11.3. The molecule has 0 saturated carbocycles. The highest BCUT2D eigenvalue weighted by molar-refractivity contribution is 5.49. The SMILES string of the molecule is c1ccc(Oc2cccc(NC3CCCOC3)c2)cc1. The van der Waals surface area contributed by atoms with Gasteiger partial charge >= 0.3 is 0 Å². The zero-order chi connectivity index (χ0) is 13.6. The van der Waals surface area contributed by atoms with Gasteiger partial charge in [-0.25, -0.2) is 0 Å². The van der Waals surface area contributed by atoms with E-state index in [9.17, 15) is 0 Å². The number of ether oxygens (including phenoxy) is 2. The van der Waals surface area contributed by atoms with Gasteiger partial charge in [-0.05, 0) is 37.1 Å². The Bertz CT molecular complexity index is 536. The quantitative estimate of drug-likeness (QED) is 0.907. The first-order chi connectivity index (χ1) is 9.90. The van der Waals surface area contributed by atoms with E-state index in [0.29, 0.717) is 6.04 Å². The molecule has 3 heteroatoms. The number of anilines is 1. The lowest BCUT2D eigenvalue weighted by molar-refractivity contribution is 0.0876. The average molecular weight is 269 g/mol. The van der Waals surface area contributed by atoms with Crippen LogP contribution in [0, 0.1) is 0 Å². The van der Waals surface area contributed by atoms with Gasteiger partial charge in [0.05, 0.1) is 6.61 Å². The number of benzene rings is 2. The Morgan fingerprint density at radius 1 is 1.00 bits per heavy atom. The molecule has 0 bridgehead atoms. The molecule has 1 unspecified atom stereocenters. The second-order valence-corrected chi connectivity index (χ2v) is 5.00. The van der Waals surface area contributed by atoms with Gasteiger partial charge in [-0.3, -0.25) is 0 Å². The molecule has 1 aliphatic heterocycles. The molecule has 3 rings (SSSR count). The molecule has 0 spiro atoms. The molecule has 1 N–H and O–H groups in total. The number of hydrogen-bond acceptors (Lipinski definition) is 3. The predicted molar refractivity (Wildman–Crippen MR) is 80.4 cm³/mol. The maximum Gasteiger partial charge on any atom is 0.129 e. The van der Waals surface area contributed by atoms with Crippen molar-refractivity contribution in [3.8, 4) is 11.5 Å². The van der Waals surface area contributed by atoms with Crippen molar-refractivity contribution in [1.82, 2.24) is 0 Å². The summed E-state index contributed by atoms with van der Waals surface area (Å²) in [6, 6.07) is 18.3. The van der Waals surface area contributed by atoms with Crippen LogP contribution in [0.1, 0.15) is 12.8 Å². The Labute approximate surface area is 119 Å². The van der Waals surface area contributed by atoms with Crippen molar-refractivity contribution in [2.45, 2.75) is 18.9 Å². The molecule has 0 radical (unpaired) electrons. The van der Waals surface area contributed by atoms with E-state index >= 15 is 0 Å². The van der Waals surface area contributed by atoms with Crippen LogP contribution in [0.2, 0.25) is 0 Å². The van der Waals surface area contributed by atoms with Gasteiger partial charge in [-0.1, -0.05) is 24.3 Å². The molecule has 0 aliphatic carbocycles. The molecule has 3 nitrogen and oxygen atoms in total. The highest BCUT2D eigenvalue weighted by Gasteiger charge is 2.13. The molecule has 1 saturated heterocycles. The molecule has 1 atom stereocenters. The Morgan fingerprint density at radius 2 is 1.85 bits per heavy atom. The molecule has 2 aromatic rings. The molecule has 1 heterocycles. The third-order valence-electron chi connectivity index (χ3n) is 3.34. The Hall–Kier alpha value is -2.00. The van der Waals surface area contributed by atoms with Crippen molar-refractivity contribution < 1.29 is 9.47 Å². The van der Waals surface area contributed by atoms with Gasteiger partial charge in [0.2, 0.25) is 0 Å². The maximum atomic E-state index is 5.84. The first-order valence-electron chi connectivity index (χ1n) is 7.07. The lowest BCUT2D eigenvalue weighted by Crippen LogP contribution is -2.29. The molecule has 0 amide bonds. The highest BCUT2D eigenvalue weighted by atomic mass is 16.5. The van der Waals surface area contributed by atoms with Gasteiger partial charge < -0.3 is 14.8 Å². The van der Waals surface area contributed by atoms with Gasteiger partial charge in [0.15, 0.2) is 0 Å². The maximum absolute atomic E-state index is 5.84. The van der Waals surface area contributed by atoms with Gasteiger partial charge in [0, 0.05) is 24.4 Å². The molecular formula is C17H19NO2. The van der Waals surface area contributed by atoms with E-state index in [-0.39, 0.29) is 0 Å². The van der Waals surface area contributed by atoms with Gasteiger partial charge in [0.25, 0.3) is 0 Å². The van der Waals surface area contributed by atoms with Crippen LogP contribution >= 0.6 is 0 Å². The summed E-state index contributed by atoms with van der Waals surface area (Å²) in [5, 5.41) is 3.50. The number of hydrogen-bond donors (Lipinski definition) is 1. The minimum Gasteiger partial charge on any atom is -0.457 e. The fourth-order valence-electron chi connectivity index (χ4n) is 2.36. The lowest BCUT2D eigenvalue weighted by Gasteiger charge is -2.24. The summed E-state index contributed by atoms with van der Waals surface area (Å²) in [7, 11) is 0. The van der Waals surface area contributed by atoms with Crippen LogP contribution < -0.4 is 10.1 Å². The van der Waals surface area contributed by atoms with E-state index < -0.39 is 0 Å². The standard InChI is InChI=1S/C17H19NO2/c1-2-8-16(9-3-1)20-17-10-4-6-14(12-17)18-15-7-5-11-19-13-15/h1-4,6,8-10,12,15,18H,5,7,11,13H2. The molecule has 20 heavy (non-hydrogen) atoms. The van der Waals surface area contributed by atoms with Crippen LogP contribution in [0.4, 0.5) is 5.69 Å². The molecule has 1 fully saturated rings. The van der Waals surface area contributed by atoms with Crippen molar-refractivity contribution in [2.75, 3.05) is 18.5 Å². The average Bonchev–Trinajstić information content (AvgIpc) is 2.50. The minimum atomic E-state index is 0.399. The van der Waals surface area contributed by atoms with E-state index in [1.807, 2.05) is 48.5 Å². The Morgan fingerprint density at radius 3 is 2.65 bits per heavy atom. The molecule has 0 aromatic heterocycles. The molecule has 2 aromatic carbocycles. The van der Waals surface area contributed by atoms with Crippen molar-refractivity contribution in [3.63, 3.8) is 0 Å². The minimum absolute atomic E-state index is 0.399. The predicted octanol–water partition coefficient (Wildman–Crippen LogP) is 4.07. The highest BCUT2D eigenvalue weighted by Crippen LogP contribution is 2.24. The summed E-state index contributed by atoms with van der Waals surface area (Å²) in [5.74, 6) is 1.70. The summed E-state index contributed by atoms with van der Waals surface area (Å²) in [5.41, 5.74) is 1.08. The van der Waals surface area contributed by atoms with Crippen molar-refractivity contribution in [1.29, 1.82) is 0 Å². The molecule has 1 aliphatic rings. The Kier molecular flexibility index (Phi) is 4.19. The Balaban J connectivity index is 1.66. The van der Waals surface area contributed by atoms with E-state index in [4.69, 9.17) is 9.47 Å². The normalized spacial score (nSPS) is 18.5. The van der Waals surface area contributed by atoms with Crippen molar-refractivity contribution >= 4 is 5.69 Å². The number of rotatable bonds is 4. The molecular weight excluding hydrogens is 250 g/mol. The van der Waals surface area contributed by atoms with Crippen molar-refractivity contribution in [3.05, 3.63) is 54.6 Å². The van der Waals surface area contributed by atoms with Crippen molar-refractivity contribution in [2.24, 2.45) is 0 Å². The number of nitrogens with one attached hydrogen (secondary N) is 1. The smallest absolute Gasteiger partial charge is 0.129 e. The summed E-state index contributed by atoms with van der Waals surface area (Å²) >= 11 is 0. The fraction of sp³-hybridized carbons (Fsp3) is 0.294. The second-order valence-electron chi connectivity index (χ2n) is 5.00. The topological polar surface area (TPSA) is 30.5 Å². The summed E-state index contributed by atoms with van der Waals surface area (Å²) in [6.45, 7) is 1.67. The zero-order valence-electron chi connectivity index (χ0n) is 11.4. The van der Waals surface area contributed by atoms with Gasteiger partial charge in [-0.2, -0.15) is 0 Å². The third kappa shape index (κ3) is 3.52. The third-order valence-corrected chi connectivity index (χ3v) is 3.34. The van der Waals surface area contributed by atoms with E-state index in [1.54, 1.807) is 0 Å². The first kappa shape index (κ1) is 13.0. The summed E-state index contributed by atoms with van der Waals surface area (Å²) in [6.07, 6.45) is 2.28. The van der Waals surface area contributed by atoms with Crippen LogP contribution in [-0.4, -0.2) is 19.3 Å². The van der Waals surface area contributed by atoms with Gasteiger partial charge in [0.1, 0.15) is 11.5 Å². The first-order valence-corrected chi connectivity index (χ1v) is 7.07. The number of para-hydroxylation sites is 1. The van der Waals surface area contributed by atoms with Crippen LogP contribution in [0.15, 0.2) is 54.6 Å².